The first-order valence-corrected chi connectivity index (χ1v) is 7.10. The average molecular weight is 365 g/mol. The van der Waals surface area contributed by atoms with E-state index in [0.29, 0.717) is 11.2 Å². The highest BCUT2D eigenvalue weighted by Crippen LogP contribution is 2.15. The number of nitrogens with zero attached hydrogens (tertiary/aromatic N) is 3. The number of carbonyl (C=O) groups is 1. The highest BCUT2D eigenvalue weighted by Gasteiger charge is 2.13. The van der Waals surface area contributed by atoms with E-state index in [1.165, 1.54) is 24.5 Å². The van der Waals surface area contributed by atoms with E-state index in [-0.39, 0.29) is 17.5 Å². The van der Waals surface area contributed by atoms with Gasteiger partial charge in [-0.1, -0.05) is 12.1 Å². The molecule has 2 heterocycles. The second-order valence-electron chi connectivity index (χ2n) is 4.45. The molecule has 0 aliphatic carbocycles. The Hall–Kier alpha value is -2.48. The Kier molecular flexibility index (Phi) is 4.01. The van der Waals surface area contributed by atoms with Crippen LogP contribution in [-0.4, -0.2) is 20.7 Å². The van der Waals surface area contributed by atoms with Crippen molar-refractivity contribution in [2.45, 2.75) is 6.54 Å². The van der Waals surface area contributed by atoms with Crippen LogP contribution >= 0.6 is 15.9 Å². The monoisotopic (exact) mass is 364 g/mol. The molecule has 0 unspecified atom stereocenters. The molecule has 22 heavy (non-hydrogen) atoms. The summed E-state index contributed by atoms with van der Waals surface area (Å²) in [6.45, 7) is 0.426. The topological polar surface area (TPSA) is 73.0 Å². The molecule has 0 saturated carbocycles. The van der Waals surface area contributed by atoms with E-state index in [4.69, 9.17) is 4.42 Å². The lowest BCUT2D eigenvalue weighted by molar-refractivity contribution is 0.0994. The molecule has 0 aliphatic heterocycles. The lowest BCUT2D eigenvalue weighted by Crippen LogP contribution is -2.12. The molecule has 0 fully saturated rings. The molecule has 112 valence electrons. The van der Waals surface area contributed by atoms with Crippen molar-refractivity contribution < 1.29 is 13.6 Å². The fourth-order valence-electron chi connectivity index (χ4n) is 1.80. The largest absolute Gasteiger partial charge is 0.444 e. The number of rotatable bonds is 4. The number of amides is 1. The van der Waals surface area contributed by atoms with Crippen LogP contribution in [0.15, 0.2) is 51.8 Å². The summed E-state index contributed by atoms with van der Waals surface area (Å²) in [6.07, 6.45) is 1.48. The summed E-state index contributed by atoms with van der Waals surface area (Å²) in [4.78, 5) is 15.9. The maximum absolute atomic E-state index is 12.8. The van der Waals surface area contributed by atoms with Gasteiger partial charge >= 0.3 is 0 Å². The Morgan fingerprint density at radius 2 is 2.05 bits per heavy atom. The summed E-state index contributed by atoms with van der Waals surface area (Å²) in [5, 5.41) is 6.66. The van der Waals surface area contributed by atoms with E-state index in [1.54, 1.807) is 22.9 Å². The van der Waals surface area contributed by atoms with E-state index in [0.717, 1.165) is 5.56 Å². The Balaban J connectivity index is 1.66. The molecule has 0 saturated heterocycles. The van der Waals surface area contributed by atoms with Crippen LogP contribution in [0.2, 0.25) is 0 Å². The number of benzene rings is 1. The lowest BCUT2D eigenvalue weighted by Gasteiger charge is -2.01. The molecule has 2 aromatic heterocycles. The van der Waals surface area contributed by atoms with Gasteiger partial charge in [0.1, 0.15) is 12.1 Å². The molecule has 1 aromatic carbocycles. The zero-order chi connectivity index (χ0) is 15.5. The Labute approximate surface area is 133 Å². The molecule has 0 atom stereocenters. The number of nitrogens with one attached hydrogen (secondary N) is 1. The number of halogens is 2. The smallest absolute Gasteiger partial charge is 0.293 e. The van der Waals surface area contributed by atoms with Gasteiger partial charge in [-0.25, -0.2) is 14.1 Å². The van der Waals surface area contributed by atoms with Gasteiger partial charge in [-0.05, 0) is 45.8 Å². The fraction of sp³-hybridized carbons (Fsp3) is 0.0714. The molecule has 0 aliphatic rings. The molecule has 3 aromatic rings. The lowest BCUT2D eigenvalue weighted by atomic mass is 10.2. The maximum Gasteiger partial charge on any atom is 0.293 e. The summed E-state index contributed by atoms with van der Waals surface area (Å²) in [6, 6.07) is 9.24. The SMILES string of the molecule is O=C(Nc1ncn(Cc2ccc(F)cc2)n1)c1ccc(Br)o1. The van der Waals surface area contributed by atoms with Crippen molar-refractivity contribution in [2.75, 3.05) is 5.32 Å². The molecule has 1 N–H and O–H groups in total. The molecular formula is C14H10BrFN4O2. The van der Waals surface area contributed by atoms with Gasteiger partial charge in [-0.15, -0.1) is 5.10 Å². The maximum atomic E-state index is 12.8. The standard InChI is InChI=1S/C14H10BrFN4O2/c15-12-6-5-11(22-12)13(21)18-14-17-8-20(19-14)7-9-1-3-10(16)4-2-9/h1-6,8H,7H2,(H,18,19,21). The van der Waals surface area contributed by atoms with E-state index < -0.39 is 5.91 Å². The third-order valence-corrected chi connectivity index (χ3v) is 3.24. The quantitative estimate of drug-likeness (QED) is 0.771. The summed E-state index contributed by atoms with van der Waals surface area (Å²) >= 11 is 3.12. The number of aromatic nitrogens is 3. The van der Waals surface area contributed by atoms with E-state index in [2.05, 4.69) is 31.3 Å². The van der Waals surface area contributed by atoms with Gasteiger partial charge in [0, 0.05) is 0 Å². The molecule has 0 spiro atoms. The van der Waals surface area contributed by atoms with Crippen LogP contribution in [0.3, 0.4) is 0 Å². The second kappa shape index (κ2) is 6.10. The van der Waals surface area contributed by atoms with E-state index >= 15 is 0 Å². The van der Waals surface area contributed by atoms with E-state index in [1.807, 2.05) is 0 Å². The van der Waals surface area contributed by atoms with Gasteiger partial charge in [0.25, 0.3) is 5.91 Å². The van der Waals surface area contributed by atoms with Crippen LogP contribution in [0.5, 0.6) is 0 Å². The predicted molar refractivity (Wildman–Crippen MR) is 79.9 cm³/mol. The first-order chi connectivity index (χ1) is 10.6. The number of anilines is 1. The number of hydrogen-bond donors (Lipinski definition) is 1. The van der Waals surface area contributed by atoms with E-state index in [9.17, 15) is 9.18 Å². The van der Waals surface area contributed by atoms with Crippen LogP contribution < -0.4 is 5.32 Å². The molecule has 1 amide bonds. The van der Waals surface area contributed by atoms with Gasteiger partial charge in [0.2, 0.25) is 5.95 Å². The average Bonchev–Trinajstić information content (AvgIpc) is 3.11. The molecular weight excluding hydrogens is 355 g/mol. The molecule has 3 rings (SSSR count). The summed E-state index contributed by atoms with van der Waals surface area (Å²) in [7, 11) is 0. The van der Waals surface area contributed by atoms with Crippen LogP contribution in [0.1, 0.15) is 16.1 Å². The minimum absolute atomic E-state index is 0.154. The highest BCUT2D eigenvalue weighted by molar-refractivity contribution is 9.10. The highest BCUT2D eigenvalue weighted by atomic mass is 79.9. The van der Waals surface area contributed by atoms with Crippen molar-refractivity contribution in [3.63, 3.8) is 0 Å². The van der Waals surface area contributed by atoms with Gasteiger partial charge in [-0.3, -0.25) is 10.1 Å². The number of hydrogen-bond acceptors (Lipinski definition) is 4. The van der Waals surface area contributed by atoms with Gasteiger partial charge in [0.05, 0.1) is 6.54 Å². The predicted octanol–water partition coefficient (Wildman–Crippen LogP) is 3.07. The van der Waals surface area contributed by atoms with Gasteiger partial charge < -0.3 is 4.42 Å². The third kappa shape index (κ3) is 3.40. The molecule has 8 heteroatoms. The minimum Gasteiger partial charge on any atom is -0.444 e. The van der Waals surface area contributed by atoms with Crippen molar-refractivity contribution >= 4 is 27.8 Å². The van der Waals surface area contributed by atoms with Crippen LogP contribution in [0, 0.1) is 5.82 Å². The summed E-state index contributed by atoms with van der Waals surface area (Å²) < 4.78 is 20.0. The van der Waals surface area contributed by atoms with Crippen molar-refractivity contribution in [3.05, 3.63) is 64.5 Å². The zero-order valence-electron chi connectivity index (χ0n) is 11.2. The van der Waals surface area contributed by atoms with Crippen LogP contribution in [0.4, 0.5) is 10.3 Å². The third-order valence-electron chi connectivity index (χ3n) is 2.82. The minimum atomic E-state index is -0.440. The summed E-state index contributed by atoms with van der Waals surface area (Å²) in [5.74, 6) is -0.411. The zero-order valence-corrected chi connectivity index (χ0v) is 12.7. The van der Waals surface area contributed by atoms with Gasteiger partial charge in [-0.2, -0.15) is 0 Å². The molecule has 0 bridgehead atoms. The van der Waals surface area contributed by atoms with Gasteiger partial charge in [0.15, 0.2) is 10.4 Å². The first kappa shape index (κ1) is 14.5. The first-order valence-electron chi connectivity index (χ1n) is 6.31. The Morgan fingerprint density at radius 1 is 1.27 bits per heavy atom. The van der Waals surface area contributed by atoms with Crippen molar-refractivity contribution in [1.29, 1.82) is 0 Å². The van der Waals surface area contributed by atoms with Crippen LogP contribution in [-0.2, 0) is 6.54 Å². The molecule has 6 nitrogen and oxygen atoms in total. The van der Waals surface area contributed by atoms with Crippen molar-refractivity contribution in [3.8, 4) is 0 Å². The Morgan fingerprint density at radius 3 is 2.73 bits per heavy atom. The number of carbonyl (C=O) groups excluding carboxylic acids is 1. The van der Waals surface area contributed by atoms with Crippen molar-refractivity contribution in [1.82, 2.24) is 14.8 Å². The molecule has 0 radical (unpaired) electrons. The summed E-state index contributed by atoms with van der Waals surface area (Å²) in [5.41, 5.74) is 0.874. The van der Waals surface area contributed by atoms with Crippen molar-refractivity contribution in [2.24, 2.45) is 0 Å². The fourth-order valence-corrected chi connectivity index (χ4v) is 2.11. The van der Waals surface area contributed by atoms with Crippen LogP contribution in [0.25, 0.3) is 0 Å². The Bertz CT molecular complexity index is 797. The second-order valence-corrected chi connectivity index (χ2v) is 5.23. The normalized spacial score (nSPS) is 10.6. The number of furan rings is 1.